The van der Waals surface area contributed by atoms with Crippen molar-refractivity contribution >= 4 is 17.6 Å². The minimum atomic E-state index is -0.700. The van der Waals surface area contributed by atoms with E-state index in [9.17, 15) is 9.59 Å². The Kier molecular flexibility index (Phi) is 10.5. The van der Waals surface area contributed by atoms with E-state index in [1.807, 2.05) is 60.7 Å². The number of nitrogens with zero attached hydrogens (tertiary/aromatic N) is 1. The molecule has 3 aromatic rings. The Bertz CT molecular complexity index is 1120. The van der Waals surface area contributed by atoms with Crippen LogP contribution in [0.15, 0.2) is 84.9 Å². The monoisotopic (exact) mass is 516 g/mol. The molecule has 200 valence electrons. The molecule has 0 aliphatic carbocycles. The molecule has 4 rings (SSSR count). The zero-order chi connectivity index (χ0) is 26.4. The molecule has 0 unspecified atom stereocenters. The number of carbonyl (C=O) groups excluding carboxylic acids is 2. The lowest BCUT2D eigenvalue weighted by Gasteiger charge is -2.26. The third-order valence-corrected chi connectivity index (χ3v) is 6.32. The van der Waals surface area contributed by atoms with Gasteiger partial charge in [-0.05, 0) is 48.4 Å². The number of amides is 3. The molecule has 38 heavy (non-hydrogen) atoms. The average Bonchev–Trinajstić information content (AvgIpc) is 2.96. The third kappa shape index (κ3) is 9.21. The predicted octanol–water partition coefficient (Wildman–Crippen LogP) is 3.84. The Balaban J connectivity index is 1.27. The average molecular weight is 517 g/mol. The summed E-state index contributed by atoms with van der Waals surface area (Å²) in [5.74, 6) is 0.508. The summed E-state index contributed by atoms with van der Waals surface area (Å²) < 4.78 is 11.2. The van der Waals surface area contributed by atoms with Crippen molar-refractivity contribution in [1.29, 1.82) is 0 Å². The number of anilines is 1. The van der Waals surface area contributed by atoms with Crippen LogP contribution in [-0.2, 0) is 22.6 Å². The van der Waals surface area contributed by atoms with Crippen LogP contribution in [0.2, 0.25) is 0 Å². The van der Waals surface area contributed by atoms with Gasteiger partial charge in [0.25, 0.3) is 0 Å². The number of nitrogens with one attached hydrogen (secondary N) is 3. The van der Waals surface area contributed by atoms with Crippen LogP contribution in [0.5, 0.6) is 5.75 Å². The number of hydrogen-bond donors (Lipinski definition) is 3. The molecule has 0 radical (unpaired) electrons. The van der Waals surface area contributed by atoms with E-state index >= 15 is 0 Å². The van der Waals surface area contributed by atoms with Crippen LogP contribution < -0.4 is 20.7 Å². The number of benzene rings is 3. The Hall–Kier alpha value is -3.88. The van der Waals surface area contributed by atoms with Gasteiger partial charge in [0.1, 0.15) is 18.4 Å². The van der Waals surface area contributed by atoms with E-state index in [0.717, 1.165) is 50.4 Å². The molecule has 8 heteroatoms. The molecule has 3 amide bonds. The zero-order valence-corrected chi connectivity index (χ0v) is 21.6. The SMILES string of the molecule is O=C(Nc1ccc(OCc2ccccc2)cc1)N[C@@H](Cc1ccccc1)C(=O)NCCCN1CCOCC1. The smallest absolute Gasteiger partial charge is 0.319 e. The summed E-state index contributed by atoms with van der Waals surface area (Å²) in [6.45, 7) is 5.29. The van der Waals surface area contributed by atoms with E-state index in [-0.39, 0.29) is 5.91 Å². The van der Waals surface area contributed by atoms with Gasteiger partial charge < -0.3 is 25.4 Å². The summed E-state index contributed by atoms with van der Waals surface area (Å²) in [5, 5.41) is 8.66. The van der Waals surface area contributed by atoms with Crippen molar-refractivity contribution < 1.29 is 19.1 Å². The predicted molar refractivity (Wildman–Crippen MR) is 148 cm³/mol. The second-order valence-electron chi connectivity index (χ2n) is 9.24. The lowest BCUT2D eigenvalue weighted by Crippen LogP contribution is -2.49. The van der Waals surface area contributed by atoms with Gasteiger partial charge in [0.05, 0.1) is 13.2 Å². The minimum Gasteiger partial charge on any atom is -0.489 e. The fourth-order valence-electron chi connectivity index (χ4n) is 4.22. The molecule has 1 fully saturated rings. The van der Waals surface area contributed by atoms with E-state index in [4.69, 9.17) is 9.47 Å². The van der Waals surface area contributed by atoms with Crippen molar-refractivity contribution in [3.63, 3.8) is 0 Å². The summed E-state index contributed by atoms with van der Waals surface area (Å²) in [6.07, 6.45) is 1.24. The highest BCUT2D eigenvalue weighted by molar-refractivity contribution is 5.93. The summed E-state index contributed by atoms with van der Waals surface area (Å²) in [7, 11) is 0. The molecule has 3 N–H and O–H groups in total. The van der Waals surface area contributed by atoms with Crippen LogP contribution in [0.4, 0.5) is 10.5 Å². The quantitative estimate of drug-likeness (QED) is 0.318. The summed E-state index contributed by atoms with van der Waals surface area (Å²) in [5.41, 5.74) is 2.66. The van der Waals surface area contributed by atoms with Gasteiger partial charge >= 0.3 is 6.03 Å². The highest BCUT2D eigenvalue weighted by Crippen LogP contribution is 2.17. The Morgan fingerprint density at radius 1 is 0.868 bits per heavy atom. The van der Waals surface area contributed by atoms with E-state index in [2.05, 4.69) is 20.9 Å². The van der Waals surface area contributed by atoms with Crippen LogP contribution in [0.3, 0.4) is 0 Å². The van der Waals surface area contributed by atoms with E-state index in [1.165, 1.54) is 0 Å². The molecular weight excluding hydrogens is 480 g/mol. The van der Waals surface area contributed by atoms with Crippen molar-refractivity contribution in [1.82, 2.24) is 15.5 Å². The lowest BCUT2D eigenvalue weighted by molar-refractivity contribution is -0.122. The fourth-order valence-corrected chi connectivity index (χ4v) is 4.22. The molecule has 0 bridgehead atoms. The second kappa shape index (κ2) is 14.8. The first-order valence-corrected chi connectivity index (χ1v) is 13.1. The molecule has 1 saturated heterocycles. The number of rotatable bonds is 12. The molecule has 3 aromatic carbocycles. The van der Waals surface area contributed by atoms with Crippen molar-refractivity contribution in [2.75, 3.05) is 44.7 Å². The normalized spacial score (nSPS) is 14.3. The lowest BCUT2D eigenvalue weighted by atomic mass is 10.1. The van der Waals surface area contributed by atoms with Crippen LogP contribution in [0.25, 0.3) is 0 Å². The van der Waals surface area contributed by atoms with Crippen molar-refractivity contribution in [3.05, 3.63) is 96.1 Å². The van der Waals surface area contributed by atoms with E-state index < -0.39 is 12.1 Å². The topological polar surface area (TPSA) is 91.9 Å². The molecular formula is C30H36N4O4. The van der Waals surface area contributed by atoms with Crippen molar-refractivity contribution in [3.8, 4) is 5.75 Å². The molecule has 1 heterocycles. The molecule has 0 aromatic heterocycles. The standard InChI is InChI=1S/C30H36N4O4/c35-29(31-16-7-17-34-18-20-37-21-19-34)28(22-24-8-3-1-4-9-24)33-30(36)32-26-12-14-27(15-13-26)38-23-25-10-5-2-6-11-25/h1-6,8-15,28H,7,16-23H2,(H,31,35)(H2,32,33,36)/t28-/m0/s1. The number of hydrogen-bond acceptors (Lipinski definition) is 5. The highest BCUT2D eigenvalue weighted by atomic mass is 16.5. The van der Waals surface area contributed by atoms with Crippen molar-refractivity contribution in [2.45, 2.75) is 25.5 Å². The molecule has 8 nitrogen and oxygen atoms in total. The maximum absolute atomic E-state index is 13.0. The van der Waals surface area contributed by atoms with Gasteiger partial charge in [-0.1, -0.05) is 60.7 Å². The number of urea groups is 1. The fraction of sp³-hybridized carbons (Fsp3) is 0.333. The highest BCUT2D eigenvalue weighted by Gasteiger charge is 2.21. The van der Waals surface area contributed by atoms with Gasteiger partial charge in [0.2, 0.25) is 5.91 Å². The van der Waals surface area contributed by atoms with Crippen LogP contribution >= 0.6 is 0 Å². The summed E-state index contributed by atoms with van der Waals surface area (Å²) >= 11 is 0. The van der Waals surface area contributed by atoms with Gasteiger partial charge in [0, 0.05) is 31.7 Å². The van der Waals surface area contributed by atoms with Crippen LogP contribution in [0.1, 0.15) is 17.5 Å². The first-order chi connectivity index (χ1) is 18.7. The van der Waals surface area contributed by atoms with Crippen LogP contribution in [-0.4, -0.2) is 62.3 Å². The Morgan fingerprint density at radius 2 is 1.53 bits per heavy atom. The van der Waals surface area contributed by atoms with Crippen LogP contribution in [0, 0.1) is 0 Å². The largest absolute Gasteiger partial charge is 0.489 e. The van der Waals surface area contributed by atoms with E-state index in [1.54, 1.807) is 24.3 Å². The third-order valence-electron chi connectivity index (χ3n) is 6.32. The Labute approximate surface area is 224 Å². The minimum absolute atomic E-state index is 0.198. The first-order valence-electron chi connectivity index (χ1n) is 13.1. The van der Waals surface area contributed by atoms with Gasteiger partial charge in [-0.15, -0.1) is 0 Å². The van der Waals surface area contributed by atoms with Crippen molar-refractivity contribution in [2.24, 2.45) is 0 Å². The van der Waals surface area contributed by atoms with Gasteiger partial charge in [-0.2, -0.15) is 0 Å². The van der Waals surface area contributed by atoms with Gasteiger partial charge in [-0.25, -0.2) is 4.79 Å². The number of carbonyl (C=O) groups is 2. The molecule has 0 saturated carbocycles. The second-order valence-corrected chi connectivity index (χ2v) is 9.24. The zero-order valence-electron chi connectivity index (χ0n) is 21.6. The molecule has 0 spiro atoms. The molecule has 1 aliphatic rings. The molecule has 1 aliphatic heterocycles. The number of ether oxygens (including phenoxy) is 2. The first kappa shape index (κ1) is 27.2. The molecule has 1 atom stereocenters. The van der Waals surface area contributed by atoms with Gasteiger partial charge in [0.15, 0.2) is 0 Å². The summed E-state index contributed by atoms with van der Waals surface area (Å²) in [4.78, 5) is 28.1. The number of morpholine rings is 1. The van der Waals surface area contributed by atoms with Gasteiger partial charge in [-0.3, -0.25) is 9.69 Å². The maximum Gasteiger partial charge on any atom is 0.319 e. The summed E-state index contributed by atoms with van der Waals surface area (Å²) in [6, 6.07) is 25.6. The maximum atomic E-state index is 13.0. The Morgan fingerprint density at radius 3 is 2.21 bits per heavy atom. The van der Waals surface area contributed by atoms with E-state index in [0.29, 0.717) is 31.0 Å².